The molecule has 11 aromatic heterocycles. The number of pyridine rings is 5. The van der Waals surface area contributed by atoms with E-state index in [0.717, 1.165) is 66.0 Å². The second-order valence-corrected chi connectivity index (χ2v) is 29.3. The molecule has 0 saturated carbocycles. The number of aryl methyl sites for hydroxylation is 3. The molecule has 4 aliphatic rings. The Bertz CT molecular complexity index is 7440. The van der Waals surface area contributed by atoms with Crippen molar-refractivity contribution >= 4 is 135 Å². The zero-order valence-electron chi connectivity index (χ0n) is 65.6. The van der Waals surface area contributed by atoms with Crippen molar-refractivity contribution in [1.82, 2.24) is 45.5 Å². The number of hydrogen-bond acceptors (Lipinski definition) is 13. The van der Waals surface area contributed by atoms with E-state index in [2.05, 4.69) is 20.5 Å². The molecule has 634 valence electrons. The van der Waals surface area contributed by atoms with Crippen LogP contribution in [0.15, 0.2) is 283 Å². The minimum Gasteiger partial charge on any atom is -0.506 e. The number of benzene rings is 7. The van der Waals surface area contributed by atoms with E-state index in [9.17, 15) is 57.4 Å². The quantitative estimate of drug-likeness (QED) is 0.144. The number of carbonyl (C=O) groups excluding carboxylic acids is 4. The van der Waals surface area contributed by atoms with Gasteiger partial charge in [-0.2, -0.15) is 0 Å². The fourth-order valence-electron chi connectivity index (χ4n) is 16.2. The molecule has 0 saturated heterocycles. The van der Waals surface area contributed by atoms with Crippen LogP contribution >= 0.6 is 39.9 Å². The summed E-state index contributed by atoms with van der Waals surface area (Å²) in [7, 11) is 3.64. The van der Waals surface area contributed by atoms with E-state index in [1.807, 2.05) is 143 Å². The molecule has 0 amide bonds. The molecule has 22 rings (SSSR count). The first-order valence-electron chi connectivity index (χ1n) is 37.5. The predicted octanol–water partition coefficient (Wildman–Crippen LogP) is 13.8. The number of fused-ring (bicyclic) bond motifs is 20. The Morgan fingerprint density at radius 2 is 0.750 bits per heavy atom. The lowest BCUT2D eigenvalue weighted by atomic mass is 10.1. The Kier molecular flexibility index (Phi) is 27.6. The van der Waals surface area contributed by atoms with Crippen molar-refractivity contribution in [1.29, 1.82) is 0 Å². The molecule has 7 aromatic carbocycles. The van der Waals surface area contributed by atoms with Gasteiger partial charge in [0.25, 0.3) is 29.2 Å². The predicted molar refractivity (Wildman–Crippen MR) is 490 cm³/mol. The van der Waals surface area contributed by atoms with Crippen molar-refractivity contribution in [2.45, 2.75) is 55.3 Å². The van der Waals surface area contributed by atoms with Gasteiger partial charge in [-0.05, 0) is 184 Å². The van der Waals surface area contributed by atoms with E-state index < -0.39 is 0 Å². The van der Waals surface area contributed by atoms with Crippen molar-refractivity contribution < 1.29 is 55.3 Å². The maximum Gasteiger partial charge on any atom is 0.268 e. The maximum atomic E-state index is 13.3. The van der Waals surface area contributed by atoms with Crippen LogP contribution < -0.4 is 32.7 Å². The molecule has 124 heavy (non-hydrogen) atoms. The van der Waals surface area contributed by atoms with Crippen LogP contribution in [-0.2, 0) is 33.7 Å². The fraction of sp³-hybridized carbons (Fsp3) is 0.128. The summed E-state index contributed by atoms with van der Waals surface area (Å²) in [6, 6.07) is 64.7. The van der Waals surface area contributed by atoms with Crippen LogP contribution in [0.2, 0.25) is 5.02 Å². The fourth-order valence-corrected chi connectivity index (χ4v) is 16.7. The van der Waals surface area contributed by atoms with Gasteiger partial charge in [0.15, 0.2) is 5.43 Å². The van der Waals surface area contributed by atoms with Gasteiger partial charge < -0.3 is 54.6 Å². The molecule has 0 atom stereocenters. The minimum absolute atomic E-state index is 0. The topological polar surface area (TPSA) is 375 Å². The van der Waals surface area contributed by atoms with E-state index >= 15 is 0 Å². The van der Waals surface area contributed by atoms with Gasteiger partial charge >= 0.3 is 0 Å². The SMILES string of the molecule is C.C.CCO.CCO.CCn1c2c(c(=O)c3ccccc31)C(=O)n1cccc1-2.Cl.Cn1c2c(c(=O)c3cc(Cl)ccc31)C(=O)n1cccc1-2.Cn1c2cccc(=O)c2c(O)c2c(=O)n3cccc3c21.O.O.O.O=C1c2c(n(Cc3ccc(Br)cc3)c3ccccc3c2=O)-c2cccn21.O=C1c2c(n(Cc3ccc(F)cc3)c3ccccc3c2=O)-c2cccn21. The minimum atomic E-state index is -0.307. The van der Waals surface area contributed by atoms with Crippen LogP contribution in [0.25, 0.3) is 116 Å². The van der Waals surface area contributed by atoms with E-state index in [-0.39, 0.29) is 152 Å². The van der Waals surface area contributed by atoms with E-state index in [0.29, 0.717) is 85.6 Å². The average molecular weight is 1780 g/mol. The van der Waals surface area contributed by atoms with Gasteiger partial charge in [0.05, 0.1) is 89.6 Å². The smallest absolute Gasteiger partial charge is 0.268 e. The van der Waals surface area contributed by atoms with Gasteiger partial charge in [0.2, 0.25) is 21.7 Å². The molecule has 0 radical (unpaired) electrons. The Labute approximate surface area is 724 Å². The van der Waals surface area contributed by atoms with Crippen molar-refractivity contribution in [3.8, 4) is 51.3 Å². The number of aliphatic hydroxyl groups excluding tert-OH is 2. The molecule has 4 aliphatic heterocycles. The number of aromatic hydroxyl groups is 1. The van der Waals surface area contributed by atoms with Gasteiger partial charge in [-0.3, -0.25) is 70.6 Å². The van der Waals surface area contributed by atoms with Crippen molar-refractivity contribution in [3.05, 3.63) is 360 Å². The highest BCUT2D eigenvalue weighted by molar-refractivity contribution is 9.10. The van der Waals surface area contributed by atoms with Crippen molar-refractivity contribution in [3.63, 3.8) is 0 Å². The molecule has 0 aliphatic carbocycles. The Morgan fingerprint density at radius 3 is 1.19 bits per heavy atom. The van der Waals surface area contributed by atoms with E-state index in [4.69, 9.17) is 21.8 Å². The van der Waals surface area contributed by atoms with Crippen LogP contribution in [0.5, 0.6) is 5.75 Å². The lowest BCUT2D eigenvalue weighted by Gasteiger charge is -2.16. The van der Waals surface area contributed by atoms with Crippen LogP contribution in [0, 0.1) is 5.82 Å². The Morgan fingerprint density at radius 1 is 0.387 bits per heavy atom. The lowest BCUT2D eigenvalue weighted by molar-refractivity contribution is 0.0960. The van der Waals surface area contributed by atoms with Crippen molar-refractivity contribution in [2.24, 2.45) is 14.1 Å². The Balaban J connectivity index is 0.000000158. The molecule has 0 spiro atoms. The molecule has 15 heterocycles. The van der Waals surface area contributed by atoms with Gasteiger partial charge in [-0.15, -0.1) is 12.4 Å². The number of carbonyl (C=O) groups is 4. The molecule has 0 bridgehead atoms. The third kappa shape index (κ3) is 15.1. The van der Waals surface area contributed by atoms with Gasteiger partial charge in [-0.25, -0.2) is 4.39 Å². The van der Waals surface area contributed by atoms with Crippen LogP contribution in [0.1, 0.15) is 88.2 Å². The summed E-state index contributed by atoms with van der Waals surface area (Å²) in [6.45, 7) is 7.60. The number of halogens is 4. The average Bonchev–Trinajstić information content (AvgIpc) is 1.60. The van der Waals surface area contributed by atoms with Gasteiger partial charge in [-0.1, -0.05) is 109 Å². The van der Waals surface area contributed by atoms with E-state index in [1.54, 1.807) is 151 Å². The first-order valence-corrected chi connectivity index (χ1v) is 38.7. The number of aromatic nitrogens is 10. The molecular formula is C94H84BrCl2FN10O16. The number of nitrogens with zero attached hydrogens (tertiary/aromatic N) is 10. The van der Waals surface area contributed by atoms with Crippen LogP contribution in [-0.4, -0.2) is 114 Å². The highest BCUT2D eigenvalue weighted by Gasteiger charge is 2.37. The summed E-state index contributed by atoms with van der Waals surface area (Å²) in [5.41, 5.74) is 12.4. The summed E-state index contributed by atoms with van der Waals surface area (Å²) in [6.07, 6.45) is 8.42. The second kappa shape index (κ2) is 37.1. The standard InChI is InChI=1S/C21H13BrN2O2.C21H13FN2O2.C16H12N2O2.C15H9ClN2O2.C15H10N2O3.2C2H6O.2CH4.ClH.3H2O/c2*22-14-9-7-13(8-10-14)12-24-16-5-2-1-4-15(16)20(25)18-19(24)17-6-3-11-23(17)21(18)26;1-2-17-11-7-4-3-6-10(11)15(19)13-14(17)12-8-5-9-18(12)16(13)20;1-17-10-5-4-8(16)7-9(10)14(19)12-13(17)11-3-2-6-18(11)15(12)20;1-16-8-4-2-6-10(18)11(8)14(19)12-13(16)9-5-3-7-17(9)15(12)20;2*1-2-3;;;;;;/h2*1-11H,12H2;3-9H,2H2,1H3;2-7H,1H3;2-7,19H,1H3;2*3H,2H2,1H3;2*1H4;1H;3*1H2. The Hall–Kier alpha value is -14.1. The molecule has 9 N–H and O–H groups in total. The molecule has 0 fully saturated rings. The normalized spacial score (nSPS) is 11.5. The summed E-state index contributed by atoms with van der Waals surface area (Å²) >= 11 is 9.42. The van der Waals surface area contributed by atoms with E-state index in [1.165, 1.54) is 31.7 Å². The molecular weight excluding hydrogens is 1690 g/mol. The largest absolute Gasteiger partial charge is 0.506 e. The van der Waals surface area contributed by atoms with Gasteiger partial charge in [0, 0.05) is 109 Å². The monoisotopic (exact) mass is 1780 g/mol. The van der Waals surface area contributed by atoms with Crippen LogP contribution in [0.4, 0.5) is 4.39 Å². The first-order chi connectivity index (χ1) is 57.1. The maximum absolute atomic E-state index is 13.3. The van der Waals surface area contributed by atoms with Crippen molar-refractivity contribution in [2.75, 3.05) is 13.2 Å². The highest BCUT2D eigenvalue weighted by atomic mass is 79.9. The number of hydrogen-bond donors (Lipinski definition) is 3. The summed E-state index contributed by atoms with van der Waals surface area (Å²) < 4.78 is 31.6. The lowest BCUT2D eigenvalue weighted by Crippen LogP contribution is -2.20. The summed E-state index contributed by atoms with van der Waals surface area (Å²) in [5, 5.41) is 28.5. The zero-order valence-corrected chi connectivity index (χ0v) is 68.8. The highest BCUT2D eigenvalue weighted by Crippen LogP contribution is 2.39. The number of rotatable bonds is 5. The molecule has 18 aromatic rings. The summed E-state index contributed by atoms with van der Waals surface area (Å²) in [5.74, 6) is -1.58. The number of aliphatic hydroxyl groups is 2. The molecule has 26 nitrogen and oxygen atoms in total. The van der Waals surface area contributed by atoms with Gasteiger partial charge in [0.1, 0.15) is 39.2 Å². The second-order valence-electron chi connectivity index (χ2n) is 27.9. The summed E-state index contributed by atoms with van der Waals surface area (Å²) in [4.78, 5) is 126. The van der Waals surface area contributed by atoms with Crippen LogP contribution in [0.3, 0.4) is 0 Å². The molecule has 30 heteroatoms. The number of para-hydroxylation sites is 3. The molecule has 0 unspecified atom stereocenters. The zero-order chi connectivity index (χ0) is 83.0. The third-order valence-electron chi connectivity index (χ3n) is 21.2. The first kappa shape index (κ1) is 92.2. The third-order valence-corrected chi connectivity index (χ3v) is 22.0.